The summed E-state index contributed by atoms with van der Waals surface area (Å²) in [5, 5.41) is 0. The molecule has 0 aromatic rings. The molecule has 0 aromatic carbocycles. The Morgan fingerprint density at radius 1 is 0.812 bits per heavy atom. The van der Waals surface area contributed by atoms with E-state index in [1.807, 2.05) is 27.7 Å². The van der Waals surface area contributed by atoms with Crippen molar-refractivity contribution in [3.8, 4) is 0 Å². The van der Waals surface area contributed by atoms with Crippen molar-refractivity contribution in [2.24, 2.45) is 11.3 Å². The van der Waals surface area contributed by atoms with Crippen LogP contribution in [0.2, 0.25) is 0 Å². The molecule has 0 unspecified atom stereocenters. The van der Waals surface area contributed by atoms with Gasteiger partial charge in [-0.05, 0) is 11.3 Å². The number of hydrogen-bond donors (Lipinski definition) is 0. The summed E-state index contributed by atoms with van der Waals surface area (Å²) in [6, 6.07) is 0. The minimum atomic E-state index is 0.542. The van der Waals surface area contributed by atoms with Crippen LogP contribution >= 0.6 is 0 Å². The molecular weight excluding hydrogens is 192 g/mol. The minimum Gasteiger partial charge on any atom is -0.0683 e. The highest BCUT2D eigenvalue weighted by Crippen LogP contribution is 2.16. The fraction of sp³-hybridized carbons (Fsp3) is 1.00. The largest absolute Gasteiger partial charge is 0.0683 e. The van der Waals surface area contributed by atoms with E-state index in [0.29, 0.717) is 5.41 Å². The summed E-state index contributed by atoms with van der Waals surface area (Å²) in [7, 11) is 0. The molecule has 0 atom stereocenters. The average Bonchev–Trinajstić information content (AvgIpc) is 2.23. The Hall–Kier alpha value is 0. The first-order chi connectivity index (χ1) is 7.33. The van der Waals surface area contributed by atoms with Gasteiger partial charge in [-0.25, -0.2) is 0 Å². The molecule has 0 saturated heterocycles. The van der Waals surface area contributed by atoms with Crippen LogP contribution in [0.15, 0.2) is 0 Å². The maximum absolute atomic E-state index is 2.25. The predicted molar refractivity (Wildman–Crippen MR) is 82.2 cm³/mol. The molecule has 104 valence electrons. The second kappa shape index (κ2) is 20.4. The Labute approximate surface area is 107 Å². The monoisotopic (exact) mass is 232 g/mol. The van der Waals surface area contributed by atoms with E-state index in [1.54, 1.807) is 0 Å². The second-order valence-electron chi connectivity index (χ2n) is 5.10. The maximum Gasteiger partial charge on any atom is -0.0385 e. The molecule has 0 aliphatic carbocycles. The zero-order valence-corrected chi connectivity index (χ0v) is 14.2. The lowest BCUT2D eigenvalue weighted by Gasteiger charge is -2.12. The van der Waals surface area contributed by atoms with Crippen LogP contribution in [0.1, 0.15) is 95.4 Å². The lowest BCUT2D eigenvalue weighted by Crippen LogP contribution is -2.00. The number of rotatable bonds is 2. The van der Waals surface area contributed by atoms with E-state index in [2.05, 4.69) is 48.5 Å². The first kappa shape index (κ1) is 25.0. The summed E-state index contributed by atoms with van der Waals surface area (Å²) in [5.41, 5.74) is 0.542. The Morgan fingerprint density at radius 3 is 1.06 bits per heavy atom. The average molecular weight is 232 g/mol. The molecule has 0 aliphatic heterocycles. The van der Waals surface area contributed by atoms with E-state index in [-0.39, 0.29) is 0 Å². The van der Waals surface area contributed by atoms with Crippen LogP contribution in [-0.4, -0.2) is 0 Å². The molecule has 0 N–H and O–H groups in total. The molecule has 0 radical (unpaired) electrons. The summed E-state index contributed by atoms with van der Waals surface area (Å²) in [5.74, 6) is 0.898. The third-order valence-electron chi connectivity index (χ3n) is 1.93. The zero-order chi connectivity index (χ0) is 14.2. The fourth-order valence-electron chi connectivity index (χ4n) is 0.577. The summed E-state index contributed by atoms with van der Waals surface area (Å²) < 4.78 is 0. The Balaban J connectivity index is -0.0000000686. The molecule has 0 bridgehead atoms. The molecule has 0 aromatic heterocycles. The van der Waals surface area contributed by atoms with E-state index in [0.717, 1.165) is 5.92 Å². The van der Waals surface area contributed by atoms with Crippen molar-refractivity contribution >= 4 is 0 Å². The Morgan fingerprint density at radius 2 is 1.06 bits per heavy atom. The van der Waals surface area contributed by atoms with Gasteiger partial charge in [0.1, 0.15) is 0 Å². The molecular formula is C16H40. The normalized spacial score (nSPS) is 9.00. The van der Waals surface area contributed by atoms with Gasteiger partial charge >= 0.3 is 0 Å². The van der Waals surface area contributed by atoms with E-state index in [4.69, 9.17) is 0 Å². The molecule has 0 aliphatic rings. The molecule has 16 heavy (non-hydrogen) atoms. The third kappa shape index (κ3) is 65.7. The van der Waals surface area contributed by atoms with Crippen molar-refractivity contribution in [3.63, 3.8) is 0 Å². The van der Waals surface area contributed by atoms with Crippen molar-refractivity contribution in [2.45, 2.75) is 95.4 Å². The van der Waals surface area contributed by atoms with Gasteiger partial charge in [-0.3, -0.25) is 0 Å². The maximum atomic E-state index is 2.25. The van der Waals surface area contributed by atoms with E-state index in [9.17, 15) is 0 Å². The second-order valence-corrected chi connectivity index (χ2v) is 5.10. The highest BCUT2D eigenvalue weighted by Gasteiger charge is 2.03. The molecule has 0 nitrogen and oxygen atoms in total. The lowest BCUT2D eigenvalue weighted by atomic mass is 9.94. The van der Waals surface area contributed by atoms with Crippen molar-refractivity contribution in [2.75, 3.05) is 0 Å². The molecule has 0 rings (SSSR count). The van der Waals surface area contributed by atoms with Crippen LogP contribution in [0.25, 0.3) is 0 Å². The van der Waals surface area contributed by atoms with Crippen molar-refractivity contribution < 1.29 is 0 Å². The Bertz CT molecular complexity index is 74.5. The van der Waals surface area contributed by atoms with Gasteiger partial charge in [0.2, 0.25) is 0 Å². The van der Waals surface area contributed by atoms with Crippen LogP contribution in [0.3, 0.4) is 0 Å². The van der Waals surface area contributed by atoms with E-state index in [1.165, 1.54) is 19.3 Å². The van der Waals surface area contributed by atoms with Gasteiger partial charge in [0, 0.05) is 0 Å². The van der Waals surface area contributed by atoms with Gasteiger partial charge in [-0.2, -0.15) is 0 Å². The SMILES string of the molecule is CC.CC.CCC(C)(C)C.CCCC(C)C. The standard InChI is InChI=1S/2C6H14.2C2H6/c1-5-6(2,3)4;1-4-5-6(2)3;2*1-2/h5H2,1-4H3;6H,4-5H2,1-3H3;2*1-2H3. The quantitative estimate of drug-likeness (QED) is 0.484. The van der Waals surface area contributed by atoms with Gasteiger partial charge in [-0.1, -0.05) is 95.4 Å². The highest BCUT2D eigenvalue weighted by atomic mass is 14.1. The third-order valence-corrected chi connectivity index (χ3v) is 1.93. The van der Waals surface area contributed by atoms with Crippen LogP contribution in [0, 0.1) is 11.3 Å². The van der Waals surface area contributed by atoms with Gasteiger partial charge in [-0.15, -0.1) is 0 Å². The predicted octanol–water partition coefficient (Wildman–Crippen LogP) is 6.94. The lowest BCUT2D eigenvalue weighted by molar-refractivity contribution is 0.398. The van der Waals surface area contributed by atoms with Gasteiger partial charge in [0.25, 0.3) is 0 Å². The summed E-state index contributed by atoms with van der Waals surface area (Å²) in [6.45, 7) is 23.7. The van der Waals surface area contributed by atoms with Crippen LogP contribution in [0.5, 0.6) is 0 Å². The molecule has 0 heteroatoms. The van der Waals surface area contributed by atoms with Crippen molar-refractivity contribution in [1.82, 2.24) is 0 Å². The molecule has 0 spiro atoms. The highest BCUT2D eigenvalue weighted by molar-refractivity contribution is 4.55. The van der Waals surface area contributed by atoms with Crippen LogP contribution in [0.4, 0.5) is 0 Å². The van der Waals surface area contributed by atoms with Gasteiger partial charge in [0.05, 0.1) is 0 Å². The first-order valence-corrected chi connectivity index (χ1v) is 7.33. The molecule has 0 fully saturated rings. The molecule has 0 amide bonds. The van der Waals surface area contributed by atoms with Crippen molar-refractivity contribution in [3.05, 3.63) is 0 Å². The van der Waals surface area contributed by atoms with Gasteiger partial charge < -0.3 is 0 Å². The van der Waals surface area contributed by atoms with Crippen LogP contribution in [-0.2, 0) is 0 Å². The van der Waals surface area contributed by atoms with Gasteiger partial charge in [0.15, 0.2) is 0 Å². The first-order valence-electron chi connectivity index (χ1n) is 7.33. The molecule has 0 heterocycles. The summed E-state index contributed by atoms with van der Waals surface area (Å²) >= 11 is 0. The topological polar surface area (TPSA) is 0 Å². The fourth-order valence-corrected chi connectivity index (χ4v) is 0.577. The smallest absolute Gasteiger partial charge is 0.0385 e. The summed E-state index contributed by atoms with van der Waals surface area (Å²) in [4.78, 5) is 0. The zero-order valence-electron chi connectivity index (χ0n) is 14.2. The Kier molecular flexibility index (Phi) is 31.9. The van der Waals surface area contributed by atoms with Crippen LogP contribution < -0.4 is 0 Å². The molecule has 0 saturated carbocycles. The van der Waals surface area contributed by atoms with E-state index < -0.39 is 0 Å². The van der Waals surface area contributed by atoms with Crippen molar-refractivity contribution in [1.29, 1.82) is 0 Å². The summed E-state index contributed by atoms with van der Waals surface area (Å²) in [6.07, 6.45) is 3.98. The minimum absolute atomic E-state index is 0.542. The van der Waals surface area contributed by atoms with E-state index >= 15 is 0 Å². The number of hydrogen-bond acceptors (Lipinski definition) is 0.